The van der Waals surface area contributed by atoms with Crippen LogP contribution >= 0.6 is 0 Å². The van der Waals surface area contributed by atoms with Crippen molar-refractivity contribution in [2.75, 3.05) is 6.61 Å². The molecule has 4 heteroatoms. The molecule has 4 N–H and O–H groups in total. The fraction of sp³-hybridized carbons (Fsp3) is 0.500. The van der Waals surface area contributed by atoms with Crippen molar-refractivity contribution >= 4 is 0 Å². The molecule has 0 fully saturated rings. The smallest absolute Gasteiger partial charge is 0.0709 e. The number of benzene rings is 2. The average molecular weight is 387 g/mol. The summed E-state index contributed by atoms with van der Waals surface area (Å²) in [5.41, 5.74) is 0.0805. The molecule has 0 aliphatic heterocycles. The molecule has 0 bridgehead atoms. The van der Waals surface area contributed by atoms with Crippen molar-refractivity contribution in [3.05, 3.63) is 71.8 Å². The van der Waals surface area contributed by atoms with Crippen LogP contribution < -0.4 is 0 Å². The first-order valence-corrected chi connectivity index (χ1v) is 9.85. The number of hydrogen-bond acceptors (Lipinski definition) is 4. The molecular formula is C24H34O4. The van der Waals surface area contributed by atoms with E-state index in [1.54, 1.807) is 13.8 Å². The Kier molecular flexibility index (Phi) is 7.40. The Labute approximate surface area is 168 Å². The largest absolute Gasteiger partial charge is 0.396 e. The predicted octanol–water partition coefficient (Wildman–Crippen LogP) is 3.14. The van der Waals surface area contributed by atoms with Gasteiger partial charge in [-0.3, -0.25) is 0 Å². The molecule has 0 saturated heterocycles. The Balaban J connectivity index is 2.35. The van der Waals surface area contributed by atoms with Gasteiger partial charge in [0.1, 0.15) is 0 Å². The second-order valence-electron chi connectivity index (χ2n) is 9.00. The molecule has 0 aliphatic carbocycles. The maximum atomic E-state index is 11.4. The minimum Gasteiger partial charge on any atom is -0.396 e. The van der Waals surface area contributed by atoms with Gasteiger partial charge in [-0.05, 0) is 17.5 Å². The van der Waals surface area contributed by atoms with Crippen molar-refractivity contribution in [2.45, 2.75) is 58.3 Å². The van der Waals surface area contributed by atoms with Gasteiger partial charge in [-0.1, -0.05) is 88.4 Å². The van der Waals surface area contributed by atoms with Crippen LogP contribution in [0.3, 0.4) is 0 Å². The van der Waals surface area contributed by atoms with Gasteiger partial charge in [0.05, 0.1) is 24.9 Å². The van der Waals surface area contributed by atoms with Crippen LogP contribution in [-0.2, 0) is 6.42 Å². The zero-order chi connectivity index (χ0) is 20.9. The van der Waals surface area contributed by atoms with Crippen LogP contribution in [0, 0.1) is 10.8 Å². The standard InChI is InChI=1S/C24H34O4/c1-23(2,16-25)21(27)20(18-13-9-6-10-14-18)22(28)24(3,4)19(26)15-17-11-7-5-8-12-17/h5-14,19-22,25-28H,15-16H2,1-4H3. The first kappa shape index (κ1) is 22.6. The van der Waals surface area contributed by atoms with Crippen LogP contribution in [-0.4, -0.2) is 45.3 Å². The van der Waals surface area contributed by atoms with Gasteiger partial charge in [-0.15, -0.1) is 0 Å². The van der Waals surface area contributed by atoms with Gasteiger partial charge in [0.2, 0.25) is 0 Å². The third-order valence-electron chi connectivity index (χ3n) is 5.97. The zero-order valence-electron chi connectivity index (χ0n) is 17.3. The summed E-state index contributed by atoms with van der Waals surface area (Å²) < 4.78 is 0. The Morgan fingerprint density at radius 1 is 0.750 bits per heavy atom. The van der Waals surface area contributed by atoms with Crippen molar-refractivity contribution in [1.82, 2.24) is 0 Å². The van der Waals surface area contributed by atoms with E-state index in [0.29, 0.717) is 6.42 Å². The molecular weight excluding hydrogens is 352 g/mol. The van der Waals surface area contributed by atoms with Crippen molar-refractivity contribution in [3.63, 3.8) is 0 Å². The topological polar surface area (TPSA) is 80.9 Å². The van der Waals surface area contributed by atoms with Crippen molar-refractivity contribution in [2.24, 2.45) is 10.8 Å². The molecule has 0 heterocycles. The van der Waals surface area contributed by atoms with E-state index in [0.717, 1.165) is 11.1 Å². The molecule has 0 aromatic heterocycles. The SMILES string of the molecule is CC(C)(CO)C(O)C(c1ccccc1)C(O)C(C)(C)C(O)Cc1ccccc1. The molecule has 0 spiro atoms. The highest BCUT2D eigenvalue weighted by Crippen LogP contribution is 2.42. The van der Waals surface area contributed by atoms with Gasteiger partial charge in [-0.25, -0.2) is 0 Å². The summed E-state index contributed by atoms with van der Waals surface area (Å²) in [6.45, 7) is 6.97. The van der Waals surface area contributed by atoms with E-state index in [-0.39, 0.29) is 6.61 Å². The minimum atomic E-state index is -1.02. The number of hydrogen-bond donors (Lipinski definition) is 4. The highest BCUT2D eigenvalue weighted by atomic mass is 16.3. The Hall–Kier alpha value is -1.72. The van der Waals surface area contributed by atoms with Gasteiger partial charge in [0.25, 0.3) is 0 Å². The van der Waals surface area contributed by atoms with Crippen LogP contribution in [0.25, 0.3) is 0 Å². The van der Waals surface area contributed by atoms with Crippen LogP contribution in [0.15, 0.2) is 60.7 Å². The lowest BCUT2D eigenvalue weighted by Crippen LogP contribution is -2.50. The van der Waals surface area contributed by atoms with Gasteiger partial charge in [-0.2, -0.15) is 0 Å². The predicted molar refractivity (Wildman–Crippen MR) is 112 cm³/mol. The van der Waals surface area contributed by atoms with Crippen molar-refractivity contribution in [3.8, 4) is 0 Å². The molecule has 2 aromatic rings. The third-order valence-corrected chi connectivity index (χ3v) is 5.97. The summed E-state index contributed by atoms with van der Waals surface area (Å²) >= 11 is 0. The second-order valence-corrected chi connectivity index (χ2v) is 9.00. The molecule has 154 valence electrons. The Morgan fingerprint density at radius 2 is 1.25 bits per heavy atom. The molecule has 0 saturated carbocycles. The number of aliphatic hydroxyl groups is 4. The molecule has 2 aromatic carbocycles. The highest BCUT2D eigenvalue weighted by Gasteiger charge is 2.46. The summed E-state index contributed by atoms with van der Waals surface area (Å²) in [5.74, 6) is -0.649. The van der Waals surface area contributed by atoms with Crippen LogP contribution in [0.2, 0.25) is 0 Å². The van der Waals surface area contributed by atoms with E-state index in [1.807, 2.05) is 74.5 Å². The minimum absolute atomic E-state index is 0.211. The molecule has 28 heavy (non-hydrogen) atoms. The van der Waals surface area contributed by atoms with Crippen LogP contribution in [0.1, 0.15) is 44.7 Å². The van der Waals surface area contributed by atoms with E-state index < -0.39 is 35.1 Å². The lowest BCUT2D eigenvalue weighted by atomic mass is 9.66. The van der Waals surface area contributed by atoms with Gasteiger partial charge in [0.15, 0.2) is 0 Å². The summed E-state index contributed by atoms with van der Waals surface area (Å²) in [5, 5.41) is 43.2. The molecule has 2 rings (SSSR count). The second kappa shape index (κ2) is 9.19. The van der Waals surface area contributed by atoms with Gasteiger partial charge < -0.3 is 20.4 Å². The monoisotopic (exact) mass is 386 g/mol. The van der Waals surface area contributed by atoms with Gasteiger partial charge in [0, 0.05) is 16.7 Å². The average Bonchev–Trinajstić information content (AvgIpc) is 2.69. The normalized spacial score (nSPS) is 17.0. The molecule has 0 aliphatic rings. The Morgan fingerprint density at radius 3 is 1.75 bits per heavy atom. The van der Waals surface area contributed by atoms with E-state index in [1.165, 1.54) is 0 Å². The molecule has 0 radical (unpaired) electrons. The first-order chi connectivity index (χ1) is 13.1. The molecule has 4 nitrogen and oxygen atoms in total. The molecule has 4 unspecified atom stereocenters. The van der Waals surface area contributed by atoms with Crippen LogP contribution in [0.5, 0.6) is 0 Å². The lowest BCUT2D eigenvalue weighted by molar-refractivity contribution is -0.103. The van der Waals surface area contributed by atoms with Crippen LogP contribution in [0.4, 0.5) is 0 Å². The van der Waals surface area contributed by atoms with E-state index in [2.05, 4.69) is 0 Å². The fourth-order valence-electron chi connectivity index (χ4n) is 3.55. The fourth-order valence-corrected chi connectivity index (χ4v) is 3.55. The number of rotatable bonds is 9. The quantitative estimate of drug-likeness (QED) is 0.534. The summed E-state index contributed by atoms with van der Waals surface area (Å²) in [7, 11) is 0. The molecule has 4 atom stereocenters. The zero-order valence-corrected chi connectivity index (χ0v) is 17.3. The Bertz CT molecular complexity index is 712. The lowest BCUT2D eigenvalue weighted by Gasteiger charge is -2.44. The summed E-state index contributed by atoms with van der Waals surface area (Å²) in [6.07, 6.45) is -2.40. The highest BCUT2D eigenvalue weighted by molar-refractivity contribution is 5.25. The van der Waals surface area contributed by atoms with E-state index >= 15 is 0 Å². The third kappa shape index (κ3) is 5.00. The maximum absolute atomic E-state index is 11.4. The van der Waals surface area contributed by atoms with E-state index in [4.69, 9.17) is 0 Å². The maximum Gasteiger partial charge on any atom is 0.0709 e. The summed E-state index contributed by atoms with van der Waals surface area (Å²) in [4.78, 5) is 0. The van der Waals surface area contributed by atoms with Gasteiger partial charge >= 0.3 is 0 Å². The first-order valence-electron chi connectivity index (χ1n) is 9.85. The van der Waals surface area contributed by atoms with Crippen molar-refractivity contribution < 1.29 is 20.4 Å². The summed E-state index contributed by atoms with van der Waals surface area (Å²) in [6, 6.07) is 19.0. The van der Waals surface area contributed by atoms with E-state index in [9.17, 15) is 20.4 Å². The molecule has 0 amide bonds. The number of aliphatic hydroxyl groups excluding tert-OH is 4. The van der Waals surface area contributed by atoms with Crippen molar-refractivity contribution in [1.29, 1.82) is 0 Å².